The summed E-state index contributed by atoms with van der Waals surface area (Å²) in [5.41, 5.74) is 2.71. The summed E-state index contributed by atoms with van der Waals surface area (Å²) in [6.07, 6.45) is 5.49. The van der Waals surface area contributed by atoms with Gasteiger partial charge < -0.3 is 20.7 Å². The predicted molar refractivity (Wildman–Crippen MR) is 116 cm³/mol. The molecule has 2 heterocycles. The molecule has 0 spiro atoms. The van der Waals surface area contributed by atoms with E-state index >= 15 is 0 Å². The molecule has 1 fully saturated rings. The largest absolute Gasteiger partial charge is 0.376 e. The Labute approximate surface area is 175 Å². The zero-order valence-corrected chi connectivity index (χ0v) is 17.4. The zero-order valence-electron chi connectivity index (χ0n) is 16.6. The van der Waals surface area contributed by atoms with Crippen molar-refractivity contribution < 1.29 is 14.3 Å². The molecule has 2 unspecified atom stereocenters. The number of carbonyl (C=O) groups is 2. The Hall–Kier alpha value is -2.38. The normalized spacial score (nSPS) is 20.7. The zero-order chi connectivity index (χ0) is 20.2. The molecule has 2 aliphatic rings. The first-order valence-electron chi connectivity index (χ1n) is 10.3. The molecule has 1 saturated heterocycles. The summed E-state index contributed by atoms with van der Waals surface area (Å²) in [4.78, 5) is 26.7. The highest BCUT2D eigenvalue weighted by Gasteiger charge is 2.21. The fourth-order valence-corrected chi connectivity index (χ4v) is 4.94. The van der Waals surface area contributed by atoms with E-state index < -0.39 is 0 Å². The minimum absolute atomic E-state index is 0.0768. The van der Waals surface area contributed by atoms with Crippen LogP contribution in [0.5, 0.6) is 0 Å². The maximum absolute atomic E-state index is 12.6. The van der Waals surface area contributed by atoms with Crippen molar-refractivity contribution >= 4 is 34.6 Å². The Kier molecular flexibility index (Phi) is 6.16. The van der Waals surface area contributed by atoms with Gasteiger partial charge in [0.2, 0.25) is 0 Å². The van der Waals surface area contributed by atoms with Crippen LogP contribution in [-0.2, 0) is 17.6 Å². The molecule has 1 aromatic carbocycles. The van der Waals surface area contributed by atoms with Gasteiger partial charge in [-0.25, -0.2) is 4.79 Å². The summed E-state index contributed by atoms with van der Waals surface area (Å²) in [5, 5.41) is 8.57. The van der Waals surface area contributed by atoms with Gasteiger partial charge in [-0.1, -0.05) is 6.92 Å². The smallest absolute Gasteiger partial charge is 0.319 e. The number of rotatable bonds is 5. The molecular weight excluding hydrogens is 386 g/mol. The van der Waals surface area contributed by atoms with E-state index in [1.165, 1.54) is 16.9 Å². The van der Waals surface area contributed by atoms with Crippen molar-refractivity contribution in [1.29, 1.82) is 0 Å². The van der Waals surface area contributed by atoms with Gasteiger partial charge in [-0.05, 0) is 73.9 Å². The quantitative estimate of drug-likeness (QED) is 0.679. The van der Waals surface area contributed by atoms with Crippen molar-refractivity contribution in [2.45, 2.75) is 45.1 Å². The predicted octanol–water partition coefficient (Wildman–Crippen LogP) is 4.43. The number of aryl methyl sites for hydroxylation is 1. The Bertz CT molecular complexity index is 872. The molecule has 1 aliphatic carbocycles. The summed E-state index contributed by atoms with van der Waals surface area (Å²) in [6, 6.07) is 8.94. The van der Waals surface area contributed by atoms with Gasteiger partial charge in [0.25, 0.3) is 5.91 Å². The number of hydrogen-bond acceptors (Lipinski definition) is 4. The van der Waals surface area contributed by atoms with Gasteiger partial charge in [0.05, 0.1) is 11.0 Å². The Morgan fingerprint density at radius 2 is 1.90 bits per heavy atom. The van der Waals surface area contributed by atoms with Gasteiger partial charge in [-0.15, -0.1) is 11.3 Å². The number of fused-ring (bicyclic) bond motifs is 1. The molecular formula is C22H27N3O3S. The van der Waals surface area contributed by atoms with E-state index in [1.807, 2.05) is 6.07 Å². The standard InChI is InChI=1S/C22H27N3O3S/c1-14-4-9-19-15(11-14)12-20(29-19)21(26)24-16-5-7-17(8-6-16)25-22(27)23-13-18-3-2-10-28-18/h5-8,12,14,18H,2-4,9-11,13H2,1H3,(H,24,26)(H2,23,25,27). The number of amides is 3. The number of nitrogens with one attached hydrogen (secondary N) is 3. The lowest BCUT2D eigenvalue weighted by atomic mass is 9.90. The maximum Gasteiger partial charge on any atom is 0.319 e. The van der Waals surface area contributed by atoms with Crippen LogP contribution in [0.3, 0.4) is 0 Å². The number of hydrogen-bond donors (Lipinski definition) is 3. The molecule has 2 atom stereocenters. The molecule has 29 heavy (non-hydrogen) atoms. The van der Waals surface area contributed by atoms with Gasteiger partial charge in [0.1, 0.15) is 0 Å². The van der Waals surface area contributed by atoms with Crippen LogP contribution in [0.15, 0.2) is 30.3 Å². The van der Waals surface area contributed by atoms with E-state index in [1.54, 1.807) is 35.6 Å². The molecule has 7 heteroatoms. The van der Waals surface area contributed by atoms with Gasteiger partial charge in [0, 0.05) is 29.4 Å². The second-order valence-corrected chi connectivity index (χ2v) is 9.05. The average molecular weight is 414 g/mol. The second-order valence-electron chi connectivity index (χ2n) is 7.91. The van der Waals surface area contributed by atoms with E-state index in [0.29, 0.717) is 23.8 Å². The first kappa shape index (κ1) is 19.9. The lowest BCUT2D eigenvalue weighted by molar-refractivity contribution is 0.103. The molecule has 6 nitrogen and oxygen atoms in total. The highest BCUT2D eigenvalue weighted by Crippen LogP contribution is 2.32. The minimum atomic E-state index is -0.254. The number of ether oxygens (including phenoxy) is 1. The lowest BCUT2D eigenvalue weighted by Crippen LogP contribution is -2.35. The topological polar surface area (TPSA) is 79.5 Å². The summed E-state index contributed by atoms with van der Waals surface area (Å²) >= 11 is 1.60. The Morgan fingerprint density at radius 3 is 2.62 bits per heavy atom. The summed E-state index contributed by atoms with van der Waals surface area (Å²) in [6.45, 7) is 3.55. The number of anilines is 2. The second kappa shape index (κ2) is 8.97. The first-order valence-corrected chi connectivity index (χ1v) is 11.1. The molecule has 0 saturated carbocycles. The van der Waals surface area contributed by atoms with Crippen molar-refractivity contribution in [2.75, 3.05) is 23.8 Å². The van der Waals surface area contributed by atoms with Crippen molar-refractivity contribution in [1.82, 2.24) is 5.32 Å². The molecule has 3 N–H and O–H groups in total. The van der Waals surface area contributed by atoms with E-state index in [0.717, 1.165) is 37.2 Å². The molecule has 0 radical (unpaired) electrons. The average Bonchev–Trinajstić information content (AvgIpc) is 3.37. The van der Waals surface area contributed by atoms with E-state index in [9.17, 15) is 9.59 Å². The van der Waals surface area contributed by atoms with Crippen molar-refractivity contribution in [3.05, 3.63) is 45.6 Å². The van der Waals surface area contributed by atoms with Crippen LogP contribution in [0, 0.1) is 5.92 Å². The highest BCUT2D eigenvalue weighted by molar-refractivity contribution is 7.14. The molecule has 1 aliphatic heterocycles. The van der Waals surface area contributed by atoms with Gasteiger partial charge in [-0.2, -0.15) is 0 Å². The highest BCUT2D eigenvalue weighted by atomic mass is 32.1. The third-order valence-electron chi connectivity index (χ3n) is 5.47. The van der Waals surface area contributed by atoms with Crippen LogP contribution in [0.4, 0.5) is 16.2 Å². The monoisotopic (exact) mass is 413 g/mol. The molecule has 4 rings (SSSR count). The van der Waals surface area contributed by atoms with Crippen LogP contribution in [-0.4, -0.2) is 31.2 Å². The third-order valence-corrected chi connectivity index (χ3v) is 6.70. The Morgan fingerprint density at radius 1 is 1.14 bits per heavy atom. The van der Waals surface area contributed by atoms with Crippen LogP contribution < -0.4 is 16.0 Å². The fraction of sp³-hybridized carbons (Fsp3) is 0.455. The first-order chi connectivity index (χ1) is 14.1. The van der Waals surface area contributed by atoms with Crippen molar-refractivity contribution in [3.63, 3.8) is 0 Å². The summed E-state index contributed by atoms with van der Waals surface area (Å²) < 4.78 is 5.49. The lowest BCUT2D eigenvalue weighted by Gasteiger charge is -2.16. The van der Waals surface area contributed by atoms with Crippen molar-refractivity contribution in [2.24, 2.45) is 5.92 Å². The number of carbonyl (C=O) groups excluding carboxylic acids is 2. The van der Waals surface area contributed by atoms with Gasteiger partial charge in [0.15, 0.2) is 0 Å². The summed E-state index contributed by atoms with van der Waals surface area (Å²) in [7, 11) is 0. The maximum atomic E-state index is 12.6. The molecule has 0 bridgehead atoms. The van der Waals surface area contributed by atoms with E-state index in [4.69, 9.17) is 4.74 Å². The fourth-order valence-electron chi connectivity index (χ4n) is 3.83. The van der Waals surface area contributed by atoms with Crippen LogP contribution >= 0.6 is 11.3 Å². The van der Waals surface area contributed by atoms with Crippen LogP contribution in [0.1, 0.15) is 46.3 Å². The Balaban J connectivity index is 1.28. The van der Waals surface area contributed by atoms with Gasteiger partial charge >= 0.3 is 6.03 Å². The van der Waals surface area contributed by atoms with Crippen LogP contribution in [0.25, 0.3) is 0 Å². The number of urea groups is 1. The molecule has 2 aromatic rings. The van der Waals surface area contributed by atoms with Crippen molar-refractivity contribution in [3.8, 4) is 0 Å². The molecule has 3 amide bonds. The number of benzene rings is 1. The van der Waals surface area contributed by atoms with E-state index in [-0.39, 0.29) is 18.0 Å². The van der Waals surface area contributed by atoms with E-state index in [2.05, 4.69) is 22.9 Å². The number of thiophene rings is 1. The SMILES string of the molecule is CC1CCc2sc(C(=O)Nc3ccc(NC(=O)NCC4CCCO4)cc3)cc2C1. The molecule has 1 aromatic heterocycles. The van der Waals surface area contributed by atoms with Gasteiger partial charge in [-0.3, -0.25) is 4.79 Å². The minimum Gasteiger partial charge on any atom is -0.376 e. The van der Waals surface area contributed by atoms with Crippen LogP contribution in [0.2, 0.25) is 0 Å². The third kappa shape index (κ3) is 5.16. The molecule has 154 valence electrons. The summed E-state index contributed by atoms with van der Waals surface area (Å²) in [5.74, 6) is 0.614.